The molecule has 0 aliphatic carbocycles. The lowest BCUT2D eigenvalue weighted by molar-refractivity contribution is -0.131. The van der Waals surface area contributed by atoms with Crippen LogP contribution in [0.5, 0.6) is 5.75 Å². The summed E-state index contributed by atoms with van der Waals surface area (Å²) in [5.41, 5.74) is 0.887. The zero-order valence-electron chi connectivity index (χ0n) is 10.1. The van der Waals surface area contributed by atoms with E-state index in [4.69, 9.17) is 9.84 Å². The van der Waals surface area contributed by atoms with Crippen LogP contribution >= 0.6 is 0 Å². The summed E-state index contributed by atoms with van der Waals surface area (Å²) in [7, 11) is 0. The predicted octanol–water partition coefficient (Wildman–Crippen LogP) is 1.34. The van der Waals surface area contributed by atoms with Gasteiger partial charge in [0.25, 0.3) is 0 Å². The van der Waals surface area contributed by atoms with Crippen molar-refractivity contribution in [2.75, 3.05) is 6.61 Å². The third-order valence-electron chi connectivity index (χ3n) is 2.05. The van der Waals surface area contributed by atoms with E-state index in [1.165, 1.54) is 0 Å². The molecular weight excluding hydrogens is 234 g/mol. The molecule has 0 aliphatic heterocycles. The van der Waals surface area contributed by atoms with Crippen molar-refractivity contribution in [1.29, 1.82) is 0 Å². The Morgan fingerprint density at radius 1 is 1.39 bits per heavy atom. The van der Waals surface area contributed by atoms with Crippen LogP contribution < -0.4 is 10.1 Å². The Morgan fingerprint density at radius 2 is 2.17 bits per heavy atom. The van der Waals surface area contributed by atoms with Gasteiger partial charge in [-0.15, -0.1) is 0 Å². The number of carboxylic acid groups (broad SMARTS) is 1. The molecule has 0 radical (unpaired) electrons. The number of amides is 1. The number of benzene rings is 1. The van der Waals surface area contributed by atoms with E-state index in [-0.39, 0.29) is 0 Å². The number of carbonyl (C=O) groups is 2. The molecular formula is C13H15NO4. The summed E-state index contributed by atoms with van der Waals surface area (Å²) < 4.78 is 5.33. The number of carboxylic acids is 1. The van der Waals surface area contributed by atoms with Crippen LogP contribution in [0, 0.1) is 0 Å². The molecule has 0 unspecified atom stereocenters. The van der Waals surface area contributed by atoms with Gasteiger partial charge in [0.2, 0.25) is 5.91 Å². The van der Waals surface area contributed by atoms with Gasteiger partial charge in [-0.1, -0.05) is 12.1 Å². The molecule has 2 N–H and O–H groups in total. The van der Waals surface area contributed by atoms with Crippen LogP contribution in [0.3, 0.4) is 0 Å². The van der Waals surface area contributed by atoms with Crippen LogP contribution in [0.25, 0.3) is 0 Å². The van der Waals surface area contributed by atoms with Gasteiger partial charge in [0.1, 0.15) is 5.75 Å². The Morgan fingerprint density at radius 3 is 2.83 bits per heavy atom. The maximum absolute atomic E-state index is 11.2. The number of hydrogen-bond donors (Lipinski definition) is 2. The third kappa shape index (κ3) is 5.16. The molecule has 0 bridgehead atoms. The minimum Gasteiger partial charge on any atom is -0.494 e. The largest absolute Gasteiger partial charge is 0.494 e. The Bertz CT molecular complexity index is 454. The molecule has 5 heteroatoms. The Labute approximate surface area is 105 Å². The van der Waals surface area contributed by atoms with Gasteiger partial charge in [-0.3, -0.25) is 4.79 Å². The summed E-state index contributed by atoms with van der Waals surface area (Å²) in [6, 6.07) is 7.34. The lowest BCUT2D eigenvalue weighted by atomic mass is 10.2. The van der Waals surface area contributed by atoms with Crippen molar-refractivity contribution in [2.24, 2.45) is 0 Å². The van der Waals surface area contributed by atoms with Crippen molar-refractivity contribution in [1.82, 2.24) is 5.32 Å². The van der Waals surface area contributed by atoms with Crippen LogP contribution in [0.2, 0.25) is 0 Å². The maximum Gasteiger partial charge on any atom is 0.328 e. The molecule has 0 saturated carbocycles. The molecule has 96 valence electrons. The van der Waals surface area contributed by atoms with E-state index < -0.39 is 11.9 Å². The fourth-order valence-electron chi connectivity index (χ4n) is 1.31. The zero-order chi connectivity index (χ0) is 13.4. The smallest absolute Gasteiger partial charge is 0.328 e. The van der Waals surface area contributed by atoms with E-state index in [0.29, 0.717) is 13.2 Å². The van der Waals surface area contributed by atoms with Gasteiger partial charge >= 0.3 is 5.97 Å². The summed E-state index contributed by atoms with van der Waals surface area (Å²) in [5.74, 6) is -0.854. The number of ether oxygens (including phenoxy) is 1. The first-order valence-corrected chi connectivity index (χ1v) is 5.52. The SMILES string of the molecule is CCOc1cccc(CNC(=O)/C=C/C(=O)O)c1. The normalized spacial score (nSPS) is 10.3. The molecule has 1 aromatic carbocycles. The Hall–Kier alpha value is -2.30. The molecule has 0 fully saturated rings. The minimum absolute atomic E-state index is 0.323. The second kappa shape index (κ2) is 7.11. The molecule has 1 aromatic rings. The molecule has 5 nitrogen and oxygen atoms in total. The van der Waals surface area contributed by atoms with Gasteiger partial charge in [0.05, 0.1) is 6.61 Å². The maximum atomic E-state index is 11.2. The first kappa shape index (κ1) is 13.8. The van der Waals surface area contributed by atoms with Crippen molar-refractivity contribution in [3.8, 4) is 5.75 Å². The van der Waals surface area contributed by atoms with E-state index in [1.54, 1.807) is 0 Å². The van der Waals surface area contributed by atoms with Crippen molar-refractivity contribution in [3.63, 3.8) is 0 Å². The molecule has 1 amide bonds. The fourth-order valence-corrected chi connectivity index (χ4v) is 1.31. The highest BCUT2D eigenvalue weighted by atomic mass is 16.5. The average Bonchev–Trinajstić information content (AvgIpc) is 2.35. The standard InChI is InChI=1S/C13H15NO4/c1-2-18-11-5-3-4-10(8-11)9-14-12(15)6-7-13(16)17/h3-8H,2,9H2,1H3,(H,14,15)(H,16,17)/b7-6+. The van der Waals surface area contributed by atoms with Crippen molar-refractivity contribution in [2.45, 2.75) is 13.5 Å². The highest BCUT2D eigenvalue weighted by molar-refractivity contribution is 5.93. The predicted molar refractivity (Wildman–Crippen MR) is 66.2 cm³/mol. The molecule has 0 spiro atoms. The highest BCUT2D eigenvalue weighted by Crippen LogP contribution is 2.12. The highest BCUT2D eigenvalue weighted by Gasteiger charge is 1.99. The number of nitrogens with one attached hydrogen (secondary N) is 1. The van der Waals surface area contributed by atoms with Crippen LogP contribution in [-0.2, 0) is 16.1 Å². The van der Waals surface area contributed by atoms with E-state index in [1.807, 2.05) is 31.2 Å². The number of rotatable bonds is 6. The summed E-state index contributed by atoms with van der Waals surface area (Å²) in [6.07, 6.45) is 1.78. The first-order valence-electron chi connectivity index (χ1n) is 5.52. The fraction of sp³-hybridized carbons (Fsp3) is 0.231. The summed E-state index contributed by atoms with van der Waals surface area (Å²) in [6.45, 7) is 2.80. The van der Waals surface area contributed by atoms with Gasteiger partial charge in [0.15, 0.2) is 0 Å². The topological polar surface area (TPSA) is 75.6 Å². The van der Waals surface area contributed by atoms with Gasteiger partial charge in [0, 0.05) is 18.7 Å². The van der Waals surface area contributed by atoms with Crippen molar-refractivity contribution < 1.29 is 19.4 Å². The molecule has 0 heterocycles. The second-order valence-electron chi connectivity index (χ2n) is 3.47. The monoisotopic (exact) mass is 249 g/mol. The molecule has 0 aromatic heterocycles. The van der Waals surface area contributed by atoms with Crippen molar-refractivity contribution in [3.05, 3.63) is 42.0 Å². The van der Waals surface area contributed by atoms with E-state index in [2.05, 4.69) is 5.32 Å². The van der Waals surface area contributed by atoms with Crippen LogP contribution in [0.1, 0.15) is 12.5 Å². The first-order chi connectivity index (χ1) is 8.61. The lowest BCUT2D eigenvalue weighted by Crippen LogP contribution is -2.20. The van der Waals surface area contributed by atoms with Gasteiger partial charge in [-0.2, -0.15) is 0 Å². The molecule has 1 rings (SSSR count). The van der Waals surface area contributed by atoms with Crippen molar-refractivity contribution >= 4 is 11.9 Å². The quantitative estimate of drug-likeness (QED) is 0.746. The number of hydrogen-bond acceptors (Lipinski definition) is 3. The average molecular weight is 249 g/mol. The summed E-state index contributed by atoms with van der Waals surface area (Å²) in [5, 5.41) is 10.9. The Kier molecular flexibility index (Phi) is 5.44. The number of carbonyl (C=O) groups excluding carboxylic acids is 1. The van der Waals surface area contributed by atoms with Gasteiger partial charge in [-0.05, 0) is 24.6 Å². The lowest BCUT2D eigenvalue weighted by Gasteiger charge is -2.06. The molecule has 0 saturated heterocycles. The molecule has 0 atom stereocenters. The minimum atomic E-state index is -1.15. The molecule has 18 heavy (non-hydrogen) atoms. The Balaban J connectivity index is 2.50. The van der Waals surface area contributed by atoms with Crippen LogP contribution in [0.15, 0.2) is 36.4 Å². The van der Waals surface area contributed by atoms with E-state index in [0.717, 1.165) is 23.5 Å². The van der Waals surface area contributed by atoms with Gasteiger partial charge < -0.3 is 15.2 Å². The summed E-state index contributed by atoms with van der Waals surface area (Å²) >= 11 is 0. The zero-order valence-corrected chi connectivity index (χ0v) is 10.1. The van der Waals surface area contributed by atoms with E-state index in [9.17, 15) is 9.59 Å². The molecule has 0 aliphatic rings. The van der Waals surface area contributed by atoms with Crippen LogP contribution in [-0.4, -0.2) is 23.6 Å². The second-order valence-corrected chi connectivity index (χ2v) is 3.47. The summed E-state index contributed by atoms with van der Waals surface area (Å²) in [4.78, 5) is 21.5. The third-order valence-corrected chi connectivity index (χ3v) is 2.05. The number of aliphatic carboxylic acids is 1. The van der Waals surface area contributed by atoms with E-state index >= 15 is 0 Å². The van der Waals surface area contributed by atoms with Gasteiger partial charge in [-0.25, -0.2) is 4.79 Å². The van der Waals surface area contributed by atoms with Crippen LogP contribution in [0.4, 0.5) is 0 Å².